The Morgan fingerprint density at radius 3 is 2.29 bits per heavy atom. The highest BCUT2D eigenvalue weighted by molar-refractivity contribution is 6.17. The van der Waals surface area contributed by atoms with Gasteiger partial charge < -0.3 is 4.90 Å². The van der Waals surface area contributed by atoms with Crippen molar-refractivity contribution in [2.75, 3.05) is 20.0 Å². The molecule has 1 unspecified atom stereocenters. The van der Waals surface area contributed by atoms with Gasteiger partial charge in [-0.25, -0.2) is 4.39 Å². The number of rotatable bonds is 4. The SMILES string of the molecule is CN(C)C(CCCl)c1ccc(F)cc1. The topological polar surface area (TPSA) is 3.24 Å². The lowest BCUT2D eigenvalue weighted by Crippen LogP contribution is -2.20. The quantitative estimate of drug-likeness (QED) is 0.698. The number of benzene rings is 1. The van der Waals surface area contributed by atoms with Crippen molar-refractivity contribution in [1.82, 2.24) is 4.90 Å². The molecular formula is C11H15ClFN. The molecule has 1 atom stereocenters. The zero-order valence-corrected chi connectivity index (χ0v) is 9.26. The Balaban J connectivity index is 2.82. The van der Waals surface area contributed by atoms with Crippen LogP contribution in [0.15, 0.2) is 24.3 Å². The summed E-state index contributed by atoms with van der Waals surface area (Å²) in [5, 5.41) is 0. The summed E-state index contributed by atoms with van der Waals surface area (Å²) in [5.74, 6) is 0.414. The molecule has 0 fully saturated rings. The van der Waals surface area contributed by atoms with Gasteiger partial charge in [-0.15, -0.1) is 11.6 Å². The van der Waals surface area contributed by atoms with E-state index in [2.05, 4.69) is 4.90 Å². The van der Waals surface area contributed by atoms with Crippen LogP contribution in [0.2, 0.25) is 0 Å². The van der Waals surface area contributed by atoms with Gasteiger partial charge in [0.25, 0.3) is 0 Å². The Hall–Kier alpha value is -0.600. The van der Waals surface area contributed by atoms with E-state index in [-0.39, 0.29) is 11.9 Å². The molecule has 0 amide bonds. The van der Waals surface area contributed by atoms with Crippen molar-refractivity contribution in [3.8, 4) is 0 Å². The van der Waals surface area contributed by atoms with E-state index in [1.165, 1.54) is 12.1 Å². The Labute approximate surface area is 89.5 Å². The summed E-state index contributed by atoms with van der Waals surface area (Å²) >= 11 is 5.72. The van der Waals surface area contributed by atoms with Gasteiger partial charge in [-0.1, -0.05) is 12.1 Å². The molecular weight excluding hydrogens is 201 g/mol. The van der Waals surface area contributed by atoms with Crippen LogP contribution in [0.25, 0.3) is 0 Å². The van der Waals surface area contributed by atoms with Crippen LogP contribution in [0.1, 0.15) is 18.0 Å². The summed E-state index contributed by atoms with van der Waals surface area (Å²) < 4.78 is 12.7. The van der Waals surface area contributed by atoms with Crippen LogP contribution in [0, 0.1) is 5.82 Å². The van der Waals surface area contributed by atoms with Crippen LogP contribution in [0.5, 0.6) is 0 Å². The Morgan fingerprint density at radius 1 is 1.29 bits per heavy atom. The van der Waals surface area contributed by atoms with E-state index >= 15 is 0 Å². The minimum atomic E-state index is -0.197. The second kappa shape index (κ2) is 5.32. The highest BCUT2D eigenvalue weighted by Gasteiger charge is 2.12. The molecule has 0 saturated carbocycles. The van der Waals surface area contributed by atoms with E-state index in [1.807, 2.05) is 26.2 Å². The Kier molecular flexibility index (Phi) is 4.36. The van der Waals surface area contributed by atoms with E-state index in [4.69, 9.17) is 11.6 Å². The minimum Gasteiger partial charge on any atom is -0.302 e. The van der Waals surface area contributed by atoms with Gasteiger partial charge in [0.1, 0.15) is 5.82 Å². The van der Waals surface area contributed by atoms with Crippen LogP contribution < -0.4 is 0 Å². The van der Waals surface area contributed by atoms with Crippen molar-refractivity contribution in [1.29, 1.82) is 0 Å². The van der Waals surface area contributed by atoms with Crippen molar-refractivity contribution >= 4 is 11.6 Å². The largest absolute Gasteiger partial charge is 0.302 e. The maximum absolute atomic E-state index is 12.7. The van der Waals surface area contributed by atoms with E-state index in [9.17, 15) is 4.39 Å². The summed E-state index contributed by atoms with van der Waals surface area (Å²) in [5.41, 5.74) is 1.11. The van der Waals surface area contributed by atoms with Gasteiger partial charge in [-0.3, -0.25) is 0 Å². The van der Waals surface area contributed by atoms with Crippen molar-refractivity contribution in [2.24, 2.45) is 0 Å². The van der Waals surface area contributed by atoms with Crippen LogP contribution in [0.4, 0.5) is 4.39 Å². The molecule has 1 nitrogen and oxygen atoms in total. The Morgan fingerprint density at radius 2 is 1.86 bits per heavy atom. The molecule has 0 aliphatic heterocycles. The summed E-state index contributed by atoms with van der Waals surface area (Å²) in [4.78, 5) is 2.09. The molecule has 1 rings (SSSR count). The highest BCUT2D eigenvalue weighted by atomic mass is 35.5. The zero-order valence-electron chi connectivity index (χ0n) is 8.50. The molecule has 0 spiro atoms. The molecule has 78 valence electrons. The fraction of sp³-hybridized carbons (Fsp3) is 0.455. The molecule has 0 heterocycles. The van der Waals surface area contributed by atoms with Crippen LogP contribution in [-0.4, -0.2) is 24.9 Å². The standard InChI is InChI=1S/C11H15ClFN/c1-14(2)11(7-8-12)9-3-5-10(13)6-4-9/h3-6,11H,7-8H2,1-2H3. The summed E-state index contributed by atoms with van der Waals surface area (Å²) in [6.45, 7) is 0. The van der Waals surface area contributed by atoms with Crippen molar-refractivity contribution < 1.29 is 4.39 Å². The number of alkyl halides is 1. The number of nitrogens with zero attached hydrogens (tertiary/aromatic N) is 1. The summed E-state index contributed by atoms with van der Waals surface area (Å²) in [7, 11) is 4.00. The minimum absolute atomic E-state index is 0.197. The monoisotopic (exact) mass is 215 g/mol. The lowest BCUT2D eigenvalue weighted by molar-refractivity contribution is 0.293. The first-order valence-electron chi connectivity index (χ1n) is 4.63. The Bertz CT molecular complexity index is 271. The first-order chi connectivity index (χ1) is 6.65. The molecule has 0 aliphatic carbocycles. The maximum atomic E-state index is 12.7. The average molecular weight is 216 g/mol. The van der Waals surface area contributed by atoms with Gasteiger partial charge in [0.15, 0.2) is 0 Å². The van der Waals surface area contributed by atoms with E-state index < -0.39 is 0 Å². The number of hydrogen-bond donors (Lipinski definition) is 0. The lowest BCUT2D eigenvalue weighted by Gasteiger charge is -2.23. The first-order valence-corrected chi connectivity index (χ1v) is 5.16. The van der Waals surface area contributed by atoms with E-state index in [0.29, 0.717) is 5.88 Å². The van der Waals surface area contributed by atoms with Crippen molar-refractivity contribution in [3.05, 3.63) is 35.6 Å². The molecule has 0 radical (unpaired) electrons. The predicted octanol–water partition coefficient (Wildman–Crippen LogP) is 3.06. The molecule has 14 heavy (non-hydrogen) atoms. The van der Waals surface area contributed by atoms with E-state index in [1.54, 1.807) is 0 Å². The van der Waals surface area contributed by atoms with Gasteiger partial charge in [-0.05, 0) is 38.2 Å². The number of hydrogen-bond acceptors (Lipinski definition) is 1. The van der Waals surface area contributed by atoms with Gasteiger partial charge >= 0.3 is 0 Å². The predicted molar refractivity (Wildman–Crippen MR) is 58.2 cm³/mol. The molecule has 0 N–H and O–H groups in total. The van der Waals surface area contributed by atoms with Gasteiger partial charge in [0.05, 0.1) is 0 Å². The van der Waals surface area contributed by atoms with Gasteiger partial charge in [0.2, 0.25) is 0 Å². The molecule has 1 aromatic carbocycles. The summed E-state index contributed by atoms with van der Waals surface area (Å²) in [6.07, 6.45) is 0.875. The smallest absolute Gasteiger partial charge is 0.123 e. The second-order valence-electron chi connectivity index (χ2n) is 3.51. The first kappa shape index (κ1) is 11.5. The third kappa shape index (κ3) is 2.96. The molecule has 0 aromatic heterocycles. The van der Waals surface area contributed by atoms with Crippen LogP contribution in [0.3, 0.4) is 0 Å². The van der Waals surface area contributed by atoms with Crippen molar-refractivity contribution in [2.45, 2.75) is 12.5 Å². The maximum Gasteiger partial charge on any atom is 0.123 e. The normalized spacial score (nSPS) is 13.2. The fourth-order valence-corrected chi connectivity index (χ4v) is 1.72. The third-order valence-electron chi connectivity index (χ3n) is 2.26. The van der Waals surface area contributed by atoms with Crippen LogP contribution >= 0.6 is 11.6 Å². The lowest BCUT2D eigenvalue weighted by atomic mass is 10.0. The molecule has 0 aliphatic rings. The summed E-state index contributed by atoms with van der Waals surface area (Å²) in [6, 6.07) is 6.87. The third-order valence-corrected chi connectivity index (χ3v) is 2.48. The molecule has 1 aromatic rings. The van der Waals surface area contributed by atoms with Gasteiger partial charge in [0, 0.05) is 11.9 Å². The van der Waals surface area contributed by atoms with Gasteiger partial charge in [-0.2, -0.15) is 0 Å². The van der Waals surface area contributed by atoms with Crippen LogP contribution in [-0.2, 0) is 0 Å². The molecule has 3 heteroatoms. The highest BCUT2D eigenvalue weighted by Crippen LogP contribution is 2.22. The van der Waals surface area contributed by atoms with E-state index in [0.717, 1.165) is 12.0 Å². The molecule has 0 bridgehead atoms. The molecule has 0 saturated heterocycles. The van der Waals surface area contributed by atoms with Crippen molar-refractivity contribution in [3.63, 3.8) is 0 Å². The zero-order chi connectivity index (χ0) is 10.6. The second-order valence-corrected chi connectivity index (χ2v) is 3.89. The average Bonchev–Trinajstić information content (AvgIpc) is 2.15. The number of halogens is 2. The fourth-order valence-electron chi connectivity index (χ4n) is 1.51.